The lowest BCUT2D eigenvalue weighted by atomic mass is 10.3. The molecule has 0 aromatic rings. The largest absolute Gasteiger partial charge is 0.359 e. The Kier molecular flexibility index (Phi) is 8.34. The Morgan fingerprint density at radius 3 is 2.82 bits per heavy atom. The van der Waals surface area contributed by atoms with Gasteiger partial charge in [-0.25, -0.2) is 0 Å². The second-order valence-electron chi connectivity index (χ2n) is 2.28. The molecule has 0 heterocycles. The predicted octanol–water partition coefficient (Wildman–Crippen LogP) is 2.34. The van der Waals surface area contributed by atoms with Crippen molar-refractivity contribution < 1.29 is 9.47 Å². The summed E-state index contributed by atoms with van der Waals surface area (Å²) in [5.41, 5.74) is 1.25. The van der Waals surface area contributed by atoms with Gasteiger partial charge in [-0.2, -0.15) is 0 Å². The molecule has 0 aromatic carbocycles. The van der Waals surface area contributed by atoms with E-state index < -0.39 is 0 Å². The van der Waals surface area contributed by atoms with E-state index in [1.165, 1.54) is 5.57 Å². The molecule has 0 atom stereocenters. The Hall–Kier alpha value is 0.140. The molecule has 0 aliphatic heterocycles. The van der Waals surface area contributed by atoms with Gasteiger partial charge in [0.15, 0.2) is 0 Å². The fourth-order valence-corrected chi connectivity index (χ4v) is 0.875. The molecule has 0 rings (SSSR count). The minimum Gasteiger partial charge on any atom is -0.359 e. The van der Waals surface area contributed by atoms with Gasteiger partial charge in [0, 0.05) is 12.4 Å². The quantitative estimate of drug-likeness (QED) is 0.298. The van der Waals surface area contributed by atoms with Gasteiger partial charge in [-0.15, -0.1) is 0 Å². The van der Waals surface area contributed by atoms with Crippen LogP contribution < -0.4 is 0 Å². The zero-order valence-electron chi connectivity index (χ0n) is 7.10. The average Bonchev–Trinajstić information content (AvgIpc) is 2.01. The first-order chi connectivity index (χ1) is 5.31. The van der Waals surface area contributed by atoms with Crippen LogP contribution in [0.5, 0.6) is 0 Å². The van der Waals surface area contributed by atoms with Crippen LogP contribution in [-0.2, 0) is 9.47 Å². The first kappa shape index (κ1) is 11.1. The fraction of sp³-hybridized carbons (Fsp3) is 0.750. The summed E-state index contributed by atoms with van der Waals surface area (Å²) >= 11 is 3.35. The lowest BCUT2D eigenvalue weighted by molar-refractivity contribution is -0.0211. The van der Waals surface area contributed by atoms with Crippen LogP contribution in [0.25, 0.3) is 0 Å². The summed E-state index contributed by atoms with van der Waals surface area (Å²) in [5, 5.41) is 1.01. The molecule has 2 nitrogen and oxygen atoms in total. The van der Waals surface area contributed by atoms with E-state index in [9.17, 15) is 0 Å². The van der Waals surface area contributed by atoms with Gasteiger partial charge in [0.2, 0.25) is 0 Å². The second kappa shape index (κ2) is 8.24. The fourth-order valence-electron chi connectivity index (χ4n) is 0.646. The first-order valence-electron chi connectivity index (χ1n) is 3.59. The molecule has 0 aliphatic carbocycles. The summed E-state index contributed by atoms with van der Waals surface area (Å²) < 4.78 is 9.87. The van der Waals surface area contributed by atoms with Gasteiger partial charge in [-0.1, -0.05) is 27.6 Å². The monoisotopic (exact) mass is 222 g/mol. The van der Waals surface area contributed by atoms with E-state index in [4.69, 9.17) is 9.47 Å². The molecule has 0 bridgehead atoms. The van der Waals surface area contributed by atoms with Crippen molar-refractivity contribution in [3.63, 3.8) is 0 Å². The van der Waals surface area contributed by atoms with Crippen molar-refractivity contribution in [3.8, 4) is 0 Å². The second-order valence-corrected chi connectivity index (χ2v) is 3.08. The van der Waals surface area contributed by atoms with Crippen LogP contribution in [0, 0.1) is 0 Å². The van der Waals surface area contributed by atoms with Gasteiger partial charge in [0.1, 0.15) is 6.79 Å². The number of ether oxygens (including phenoxy) is 2. The molecule has 66 valence electrons. The van der Waals surface area contributed by atoms with E-state index in [-0.39, 0.29) is 0 Å². The lowest BCUT2D eigenvalue weighted by Gasteiger charge is -2.01. The molecule has 0 fully saturated rings. The normalized spacial score (nSPS) is 12.1. The number of hydrogen-bond acceptors (Lipinski definition) is 2. The van der Waals surface area contributed by atoms with Crippen molar-refractivity contribution in [2.24, 2.45) is 0 Å². The molecule has 0 radical (unpaired) electrons. The maximum atomic E-state index is 5.14. The average molecular weight is 223 g/mol. The number of alkyl halides is 1. The molecule has 0 aliphatic rings. The van der Waals surface area contributed by atoms with Crippen molar-refractivity contribution in [2.45, 2.75) is 13.3 Å². The molecule has 0 unspecified atom stereocenters. The van der Waals surface area contributed by atoms with Crippen LogP contribution >= 0.6 is 15.9 Å². The molecular formula is C8H15BrO2. The maximum Gasteiger partial charge on any atom is 0.146 e. The molecule has 11 heavy (non-hydrogen) atoms. The standard InChI is InChI=1S/C8H15BrO2/c1-8(4-3-5-9)6-11-7-10-2/h4H,3,5-7H2,1-2H3/b8-4+. The Morgan fingerprint density at radius 1 is 1.55 bits per heavy atom. The van der Waals surface area contributed by atoms with E-state index in [1.807, 2.05) is 0 Å². The molecule has 0 aromatic heterocycles. The summed E-state index contributed by atoms with van der Waals surface area (Å²) in [6, 6.07) is 0. The molecule has 0 saturated carbocycles. The third-order valence-corrected chi connectivity index (χ3v) is 1.59. The molecular weight excluding hydrogens is 208 g/mol. The first-order valence-corrected chi connectivity index (χ1v) is 4.71. The number of rotatable bonds is 6. The summed E-state index contributed by atoms with van der Waals surface area (Å²) in [6.45, 7) is 3.10. The van der Waals surface area contributed by atoms with E-state index in [2.05, 4.69) is 28.9 Å². The van der Waals surface area contributed by atoms with Crippen LogP contribution in [0.4, 0.5) is 0 Å². The van der Waals surface area contributed by atoms with E-state index in [1.54, 1.807) is 7.11 Å². The third kappa shape index (κ3) is 8.04. The van der Waals surface area contributed by atoms with Crippen molar-refractivity contribution in [2.75, 3.05) is 25.8 Å². The van der Waals surface area contributed by atoms with Crippen LogP contribution in [0.1, 0.15) is 13.3 Å². The minimum absolute atomic E-state index is 0.374. The van der Waals surface area contributed by atoms with Crippen LogP contribution in [0.3, 0.4) is 0 Å². The van der Waals surface area contributed by atoms with Gasteiger partial charge >= 0.3 is 0 Å². The lowest BCUT2D eigenvalue weighted by Crippen LogP contribution is -1.99. The summed E-state index contributed by atoms with van der Waals surface area (Å²) in [7, 11) is 1.62. The highest BCUT2D eigenvalue weighted by Crippen LogP contribution is 1.98. The maximum absolute atomic E-state index is 5.14. The molecule has 0 N–H and O–H groups in total. The molecule has 0 amide bonds. The Balaban J connectivity index is 3.27. The van der Waals surface area contributed by atoms with Gasteiger partial charge in [0.05, 0.1) is 6.61 Å². The van der Waals surface area contributed by atoms with Crippen LogP contribution in [-0.4, -0.2) is 25.8 Å². The Labute approximate surface area is 76.7 Å². The molecule has 0 saturated heterocycles. The van der Waals surface area contributed by atoms with E-state index in [0.29, 0.717) is 13.4 Å². The zero-order valence-corrected chi connectivity index (χ0v) is 8.69. The Bertz CT molecular complexity index is 113. The van der Waals surface area contributed by atoms with E-state index >= 15 is 0 Å². The molecule has 3 heteroatoms. The third-order valence-electron chi connectivity index (χ3n) is 1.13. The number of hydrogen-bond donors (Lipinski definition) is 0. The number of methoxy groups -OCH3 is 1. The summed E-state index contributed by atoms with van der Waals surface area (Å²) in [6.07, 6.45) is 3.21. The van der Waals surface area contributed by atoms with Crippen molar-refractivity contribution in [1.82, 2.24) is 0 Å². The number of halogens is 1. The SMILES string of the molecule is COCOC/C(C)=C/CCBr. The van der Waals surface area contributed by atoms with Crippen molar-refractivity contribution in [3.05, 3.63) is 11.6 Å². The van der Waals surface area contributed by atoms with Crippen LogP contribution in [0.2, 0.25) is 0 Å². The van der Waals surface area contributed by atoms with Gasteiger partial charge in [0.25, 0.3) is 0 Å². The Morgan fingerprint density at radius 2 is 2.27 bits per heavy atom. The van der Waals surface area contributed by atoms with Crippen molar-refractivity contribution in [1.29, 1.82) is 0 Å². The van der Waals surface area contributed by atoms with E-state index in [0.717, 1.165) is 11.8 Å². The van der Waals surface area contributed by atoms with Crippen molar-refractivity contribution >= 4 is 15.9 Å². The van der Waals surface area contributed by atoms with Gasteiger partial charge in [-0.05, 0) is 13.3 Å². The molecule has 0 spiro atoms. The van der Waals surface area contributed by atoms with Crippen LogP contribution in [0.15, 0.2) is 11.6 Å². The smallest absolute Gasteiger partial charge is 0.146 e. The zero-order chi connectivity index (χ0) is 8.53. The summed E-state index contributed by atoms with van der Waals surface area (Å²) in [5.74, 6) is 0. The van der Waals surface area contributed by atoms with Gasteiger partial charge < -0.3 is 9.47 Å². The minimum atomic E-state index is 0.374. The van der Waals surface area contributed by atoms with Gasteiger partial charge in [-0.3, -0.25) is 0 Å². The topological polar surface area (TPSA) is 18.5 Å². The highest BCUT2D eigenvalue weighted by atomic mass is 79.9. The summed E-state index contributed by atoms with van der Waals surface area (Å²) in [4.78, 5) is 0. The predicted molar refractivity (Wildman–Crippen MR) is 50.0 cm³/mol. The number of allylic oxidation sites excluding steroid dienone is 1. The highest BCUT2D eigenvalue weighted by Gasteiger charge is 1.88. The highest BCUT2D eigenvalue weighted by molar-refractivity contribution is 9.09.